The molecule has 0 saturated heterocycles. The molecule has 0 aliphatic rings. The molecule has 0 saturated carbocycles. The Morgan fingerprint density at radius 1 is 1.35 bits per heavy atom. The van der Waals surface area contributed by atoms with E-state index >= 15 is 0 Å². The molecule has 2 N–H and O–H groups in total. The molecule has 1 aromatic carbocycles. The van der Waals surface area contributed by atoms with Crippen molar-refractivity contribution in [1.29, 1.82) is 0 Å². The second-order valence-electron chi connectivity index (χ2n) is 3.46. The van der Waals surface area contributed by atoms with E-state index < -0.39 is 5.97 Å². The Morgan fingerprint density at radius 3 is 2.41 bits per heavy atom. The summed E-state index contributed by atoms with van der Waals surface area (Å²) in [4.78, 5) is 17.7. The molecule has 0 unspecified atom stereocenters. The van der Waals surface area contributed by atoms with Gasteiger partial charge in [-0.1, -0.05) is 29.3 Å². The number of imidazole rings is 1. The smallest absolute Gasteiger partial charge is 0.356 e. The number of hydrogen-bond acceptors (Lipinski definition) is 2. The van der Waals surface area contributed by atoms with Gasteiger partial charge in [0.2, 0.25) is 0 Å². The monoisotopic (exact) mass is 270 g/mol. The number of carboxylic acid groups (broad SMARTS) is 1. The van der Waals surface area contributed by atoms with Crippen molar-refractivity contribution in [2.75, 3.05) is 0 Å². The summed E-state index contributed by atoms with van der Waals surface area (Å²) in [6, 6.07) is 5.05. The van der Waals surface area contributed by atoms with Crippen LogP contribution in [0.1, 0.15) is 16.2 Å². The number of carbonyl (C=O) groups is 1. The standard InChI is InChI=1S/C11H8Cl2N2O2/c1-5-9(11(16)17)15-10(14-5)8-6(12)3-2-4-7(8)13/h2-4H,1H3,(H,14,15)(H,16,17). The largest absolute Gasteiger partial charge is 0.476 e. The number of aromatic amines is 1. The molecule has 6 heteroatoms. The third-order valence-electron chi connectivity index (χ3n) is 2.29. The average Bonchev–Trinajstić information content (AvgIpc) is 2.60. The van der Waals surface area contributed by atoms with Crippen LogP contribution in [0.5, 0.6) is 0 Å². The lowest BCUT2D eigenvalue weighted by Gasteiger charge is -2.02. The minimum absolute atomic E-state index is 0.0315. The van der Waals surface area contributed by atoms with E-state index in [-0.39, 0.29) is 5.69 Å². The summed E-state index contributed by atoms with van der Waals surface area (Å²) in [5.41, 5.74) is 0.936. The maximum absolute atomic E-state index is 10.9. The Kier molecular flexibility index (Phi) is 3.09. The second-order valence-corrected chi connectivity index (χ2v) is 4.28. The Bertz CT molecular complexity index is 573. The fourth-order valence-corrected chi connectivity index (χ4v) is 2.09. The molecule has 88 valence electrons. The lowest BCUT2D eigenvalue weighted by atomic mass is 10.2. The van der Waals surface area contributed by atoms with Crippen molar-refractivity contribution < 1.29 is 9.90 Å². The highest BCUT2D eigenvalue weighted by Gasteiger charge is 2.17. The van der Waals surface area contributed by atoms with Crippen LogP contribution < -0.4 is 0 Å². The van der Waals surface area contributed by atoms with E-state index in [1.165, 1.54) is 0 Å². The van der Waals surface area contributed by atoms with Gasteiger partial charge in [-0.3, -0.25) is 0 Å². The van der Waals surface area contributed by atoms with E-state index in [1.54, 1.807) is 25.1 Å². The zero-order chi connectivity index (χ0) is 12.6. The number of nitrogens with one attached hydrogen (secondary N) is 1. The number of aryl methyl sites for hydroxylation is 1. The number of halogens is 2. The van der Waals surface area contributed by atoms with Gasteiger partial charge in [0.25, 0.3) is 0 Å². The molecular formula is C11H8Cl2N2O2. The molecule has 17 heavy (non-hydrogen) atoms. The minimum atomic E-state index is -1.09. The van der Waals surface area contributed by atoms with Gasteiger partial charge in [0, 0.05) is 5.69 Å². The van der Waals surface area contributed by atoms with Crippen molar-refractivity contribution in [3.63, 3.8) is 0 Å². The van der Waals surface area contributed by atoms with Crippen LogP contribution in [0.4, 0.5) is 0 Å². The van der Waals surface area contributed by atoms with Gasteiger partial charge in [-0.2, -0.15) is 0 Å². The molecule has 2 rings (SSSR count). The Labute approximate surface area is 107 Å². The number of rotatable bonds is 2. The van der Waals surface area contributed by atoms with Crippen molar-refractivity contribution in [3.05, 3.63) is 39.6 Å². The second kappa shape index (κ2) is 4.39. The summed E-state index contributed by atoms with van der Waals surface area (Å²) in [5.74, 6) is -0.733. The fraction of sp³-hybridized carbons (Fsp3) is 0.0909. The molecular weight excluding hydrogens is 263 g/mol. The predicted octanol–water partition coefficient (Wildman–Crippen LogP) is 3.39. The molecule has 1 aromatic heterocycles. The molecule has 0 atom stereocenters. The van der Waals surface area contributed by atoms with Crippen LogP contribution in [0.2, 0.25) is 10.0 Å². The van der Waals surface area contributed by atoms with Crippen LogP contribution in [0.25, 0.3) is 11.4 Å². The fourth-order valence-electron chi connectivity index (χ4n) is 1.51. The number of nitrogens with zero attached hydrogens (tertiary/aromatic N) is 1. The van der Waals surface area contributed by atoms with Gasteiger partial charge in [-0.15, -0.1) is 0 Å². The van der Waals surface area contributed by atoms with Crippen LogP contribution in [-0.4, -0.2) is 21.0 Å². The maximum atomic E-state index is 10.9. The highest BCUT2D eigenvalue weighted by Crippen LogP contribution is 2.33. The first kappa shape index (κ1) is 12.0. The zero-order valence-corrected chi connectivity index (χ0v) is 10.3. The van der Waals surface area contributed by atoms with Crippen LogP contribution >= 0.6 is 23.2 Å². The summed E-state index contributed by atoms with van der Waals surface area (Å²) >= 11 is 12.0. The topological polar surface area (TPSA) is 66.0 Å². The van der Waals surface area contributed by atoms with E-state index in [0.29, 0.717) is 27.1 Å². The first-order chi connectivity index (χ1) is 8.00. The van der Waals surface area contributed by atoms with Crippen molar-refractivity contribution in [1.82, 2.24) is 9.97 Å². The first-order valence-electron chi connectivity index (χ1n) is 4.75. The normalized spacial score (nSPS) is 10.5. The quantitative estimate of drug-likeness (QED) is 0.879. The number of carboxylic acids is 1. The lowest BCUT2D eigenvalue weighted by Crippen LogP contribution is -1.98. The molecule has 0 aliphatic heterocycles. The van der Waals surface area contributed by atoms with Crippen molar-refractivity contribution in [2.45, 2.75) is 6.92 Å². The summed E-state index contributed by atoms with van der Waals surface area (Å²) in [7, 11) is 0. The van der Waals surface area contributed by atoms with Crippen LogP contribution in [0.3, 0.4) is 0 Å². The lowest BCUT2D eigenvalue weighted by molar-refractivity contribution is 0.0690. The van der Waals surface area contributed by atoms with Crippen molar-refractivity contribution in [3.8, 4) is 11.4 Å². The molecule has 2 aromatic rings. The molecule has 0 radical (unpaired) electrons. The molecule has 1 heterocycles. The Hall–Kier alpha value is -1.52. The predicted molar refractivity (Wildman–Crippen MR) is 65.7 cm³/mol. The van der Waals surface area contributed by atoms with E-state index in [4.69, 9.17) is 28.3 Å². The summed E-state index contributed by atoms with van der Waals surface area (Å²) in [6.07, 6.45) is 0. The van der Waals surface area contributed by atoms with Gasteiger partial charge in [0.1, 0.15) is 5.82 Å². The SMILES string of the molecule is Cc1[nH]c(-c2c(Cl)cccc2Cl)nc1C(=O)O. The van der Waals surface area contributed by atoms with Crippen LogP contribution in [-0.2, 0) is 0 Å². The summed E-state index contributed by atoms with van der Waals surface area (Å²) in [6.45, 7) is 1.63. The van der Waals surface area contributed by atoms with Crippen molar-refractivity contribution >= 4 is 29.2 Å². The molecule has 0 amide bonds. The van der Waals surface area contributed by atoms with Crippen LogP contribution in [0.15, 0.2) is 18.2 Å². The van der Waals surface area contributed by atoms with E-state index in [1.807, 2.05) is 0 Å². The number of aromatic nitrogens is 2. The van der Waals surface area contributed by atoms with Gasteiger partial charge in [-0.25, -0.2) is 9.78 Å². The summed E-state index contributed by atoms with van der Waals surface area (Å²) < 4.78 is 0. The maximum Gasteiger partial charge on any atom is 0.356 e. The van der Waals surface area contributed by atoms with Gasteiger partial charge < -0.3 is 10.1 Å². The van der Waals surface area contributed by atoms with Gasteiger partial charge in [0.05, 0.1) is 15.6 Å². The van der Waals surface area contributed by atoms with Gasteiger partial charge in [0.15, 0.2) is 5.69 Å². The number of hydrogen-bond donors (Lipinski definition) is 2. The zero-order valence-electron chi connectivity index (χ0n) is 8.79. The Balaban J connectivity index is 2.62. The first-order valence-corrected chi connectivity index (χ1v) is 5.50. The minimum Gasteiger partial charge on any atom is -0.476 e. The van der Waals surface area contributed by atoms with E-state index in [0.717, 1.165) is 0 Å². The molecule has 0 aliphatic carbocycles. The summed E-state index contributed by atoms with van der Waals surface area (Å²) in [5, 5.41) is 9.76. The number of benzene rings is 1. The highest BCUT2D eigenvalue weighted by atomic mass is 35.5. The van der Waals surface area contributed by atoms with Crippen LogP contribution in [0, 0.1) is 6.92 Å². The average molecular weight is 271 g/mol. The molecule has 4 nitrogen and oxygen atoms in total. The molecule has 0 fully saturated rings. The highest BCUT2D eigenvalue weighted by molar-refractivity contribution is 6.39. The third kappa shape index (κ3) is 2.14. The molecule has 0 bridgehead atoms. The van der Waals surface area contributed by atoms with Gasteiger partial charge in [-0.05, 0) is 19.1 Å². The number of aromatic carboxylic acids is 1. The number of H-pyrrole nitrogens is 1. The third-order valence-corrected chi connectivity index (χ3v) is 2.92. The van der Waals surface area contributed by atoms with E-state index in [2.05, 4.69) is 9.97 Å². The van der Waals surface area contributed by atoms with Gasteiger partial charge >= 0.3 is 5.97 Å². The Morgan fingerprint density at radius 2 is 1.94 bits per heavy atom. The van der Waals surface area contributed by atoms with Crippen molar-refractivity contribution in [2.24, 2.45) is 0 Å². The van der Waals surface area contributed by atoms with E-state index in [9.17, 15) is 4.79 Å². The molecule has 0 spiro atoms.